The number of benzene rings is 1. The van der Waals surface area contributed by atoms with E-state index in [1.165, 1.54) is 5.56 Å². The summed E-state index contributed by atoms with van der Waals surface area (Å²) in [6.07, 6.45) is 1.09. The number of carbonyl (C=O) groups is 1. The smallest absolute Gasteiger partial charge is 0.239 e. The quantitative estimate of drug-likeness (QED) is 0.719. The highest BCUT2D eigenvalue weighted by Crippen LogP contribution is 2.15. The van der Waals surface area contributed by atoms with E-state index in [1.54, 1.807) is 0 Å². The van der Waals surface area contributed by atoms with E-state index in [2.05, 4.69) is 23.6 Å². The van der Waals surface area contributed by atoms with Gasteiger partial charge in [-0.15, -0.1) is 0 Å². The van der Waals surface area contributed by atoms with Crippen LogP contribution >= 0.6 is 0 Å². The maximum absolute atomic E-state index is 11.7. The van der Waals surface area contributed by atoms with Crippen molar-refractivity contribution >= 4 is 11.6 Å². The molecular formula is C16H26N2O2. The van der Waals surface area contributed by atoms with Crippen LogP contribution in [0.2, 0.25) is 0 Å². The van der Waals surface area contributed by atoms with Crippen LogP contribution in [0.25, 0.3) is 0 Å². The summed E-state index contributed by atoms with van der Waals surface area (Å²) in [6, 6.07) is 6.15. The molecule has 0 unspecified atom stereocenters. The molecule has 4 heteroatoms. The van der Waals surface area contributed by atoms with Gasteiger partial charge in [0.1, 0.15) is 0 Å². The highest BCUT2D eigenvalue weighted by atomic mass is 16.5. The molecule has 112 valence electrons. The van der Waals surface area contributed by atoms with Gasteiger partial charge in [-0.3, -0.25) is 4.79 Å². The van der Waals surface area contributed by atoms with Crippen molar-refractivity contribution in [2.45, 2.75) is 40.2 Å². The van der Waals surface area contributed by atoms with Crippen LogP contribution in [0.1, 0.15) is 31.4 Å². The second kappa shape index (κ2) is 8.59. The van der Waals surface area contributed by atoms with Crippen molar-refractivity contribution in [1.29, 1.82) is 0 Å². The van der Waals surface area contributed by atoms with Crippen LogP contribution < -0.4 is 10.6 Å². The highest BCUT2D eigenvalue weighted by Gasteiger charge is 2.03. The molecule has 1 aromatic rings. The molecule has 1 aromatic carbocycles. The molecule has 0 heterocycles. The Hall–Kier alpha value is -1.55. The topological polar surface area (TPSA) is 50.4 Å². The van der Waals surface area contributed by atoms with Crippen LogP contribution in [0, 0.1) is 13.8 Å². The third kappa shape index (κ3) is 6.57. The Bertz CT molecular complexity index is 430. The molecule has 0 atom stereocenters. The predicted molar refractivity (Wildman–Crippen MR) is 83.1 cm³/mol. The third-order valence-corrected chi connectivity index (χ3v) is 2.92. The van der Waals surface area contributed by atoms with Crippen LogP contribution in [0.5, 0.6) is 0 Å². The fourth-order valence-electron chi connectivity index (χ4n) is 1.87. The number of hydrogen-bond donors (Lipinski definition) is 2. The monoisotopic (exact) mass is 278 g/mol. The molecule has 1 amide bonds. The van der Waals surface area contributed by atoms with Crippen molar-refractivity contribution in [3.63, 3.8) is 0 Å². The normalized spacial score (nSPS) is 10.7. The van der Waals surface area contributed by atoms with Gasteiger partial charge in [0.05, 0.1) is 12.6 Å². The minimum atomic E-state index is 0.00882. The van der Waals surface area contributed by atoms with E-state index < -0.39 is 0 Å². The molecule has 0 saturated carbocycles. The molecule has 0 fully saturated rings. The Kier molecular flexibility index (Phi) is 7.09. The van der Waals surface area contributed by atoms with Crippen LogP contribution in [-0.2, 0) is 9.53 Å². The number of ether oxygens (including phenoxy) is 1. The van der Waals surface area contributed by atoms with Gasteiger partial charge in [0.2, 0.25) is 5.91 Å². The van der Waals surface area contributed by atoms with Crippen LogP contribution in [0.15, 0.2) is 18.2 Å². The van der Waals surface area contributed by atoms with Crippen molar-refractivity contribution in [3.8, 4) is 0 Å². The van der Waals surface area contributed by atoms with E-state index in [0.29, 0.717) is 19.7 Å². The maximum atomic E-state index is 11.7. The summed E-state index contributed by atoms with van der Waals surface area (Å²) in [5.41, 5.74) is 3.39. The number of nitrogens with one attached hydrogen (secondary N) is 2. The van der Waals surface area contributed by atoms with Gasteiger partial charge in [-0.1, -0.05) is 17.7 Å². The molecule has 2 N–H and O–H groups in total. The zero-order valence-electron chi connectivity index (χ0n) is 13.0. The molecule has 0 aliphatic heterocycles. The Morgan fingerprint density at radius 2 is 2.05 bits per heavy atom. The molecule has 0 radical (unpaired) electrons. The summed E-state index contributed by atoms with van der Waals surface area (Å²) in [5, 5.41) is 6.03. The van der Waals surface area contributed by atoms with Crippen molar-refractivity contribution in [2.24, 2.45) is 0 Å². The summed E-state index contributed by atoms with van der Waals surface area (Å²) in [7, 11) is 0. The number of rotatable bonds is 8. The van der Waals surface area contributed by atoms with Gasteiger partial charge in [-0.2, -0.15) is 0 Å². The van der Waals surface area contributed by atoms with Crippen LogP contribution in [0.4, 0.5) is 5.69 Å². The van der Waals surface area contributed by atoms with Crippen molar-refractivity contribution in [2.75, 3.05) is 25.0 Å². The maximum Gasteiger partial charge on any atom is 0.239 e. The van der Waals surface area contributed by atoms with Crippen molar-refractivity contribution in [1.82, 2.24) is 5.32 Å². The van der Waals surface area contributed by atoms with E-state index in [4.69, 9.17) is 4.74 Å². The molecule has 0 bridgehead atoms. The van der Waals surface area contributed by atoms with Crippen molar-refractivity contribution in [3.05, 3.63) is 29.3 Å². The highest BCUT2D eigenvalue weighted by molar-refractivity contribution is 5.80. The SMILES string of the molecule is Cc1ccc(NCC(=O)NCCCOC(C)C)c(C)c1. The Labute approximate surface area is 121 Å². The fourth-order valence-corrected chi connectivity index (χ4v) is 1.87. The number of aryl methyl sites for hydroxylation is 2. The molecule has 0 saturated heterocycles. The standard InChI is InChI=1S/C16H26N2O2/c1-12(2)20-9-5-8-17-16(19)11-18-15-7-6-13(3)10-14(15)4/h6-7,10,12,18H,5,8-9,11H2,1-4H3,(H,17,19). The first-order valence-corrected chi connectivity index (χ1v) is 7.18. The second-order valence-electron chi connectivity index (χ2n) is 5.29. The molecule has 0 aliphatic rings. The van der Waals surface area contributed by atoms with Crippen LogP contribution in [0.3, 0.4) is 0 Å². The lowest BCUT2D eigenvalue weighted by Crippen LogP contribution is -2.31. The fraction of sp³-hybridized carbons (Fsp3) is 0.562. The van der Waals surface area contributed by atoms with Crippen LogP contribution in [-0.4, -0.2) is 31.7 Å². The van der Waals surface area contributed by atoms with Gasteiger partial charge in [-0.05, 0) is 45.7 Å². The van der Waals surface area contributed by atoms with E-state index in [0.717, 1.165) is 17.7 Å². The minimum Gasteiger partial charge on any atom is -0.379 e. The average molecular weight is 278 g/mol. The summed E-state index contributed by atoms with van der Waals surface area (Å²) < 4.78 is 5.41. The molecular weight excluding hydrogens is 252 g/mol. The van der Waals surface area contributed by atoms with Gasteiger partial charge in [0, 0.05) is 18.8 Å². The lowest BCUT2D eigenvalue weighted by molar-refractivity contribution is -0.119. The largest absolute Gasteiger partial charge is 0.379 e. The number of anilines is 1. The first kappa shape index (κ1) is 16.5. The summed E-state index contributed by atoms with van der Waals surface area (Å²) >= 11 is 0. The summed E-state index contributed by atoms with van der Waals surface area (Å²) in [6.45, 7) is 9.75. The average Bonchev–Trinajstić information content (AvgIpc) is 2.37. The van der Waals surface area contributed by atoms with E-state index in [-0.39, 0.29) is 12.0 Å². The van der Waals surface area contributed by atoms with Gasteiger partial charge in [0.15, 0.2) is 0 Å². The summed E-state index contributed by atoms with van der Waals surface area (Å²) in [5.74, 6) is 0.00882. The van der Waals surface area contributed by atoms with E-state index >= 15 is 0 Å². The molecule has 1 rings (SSSR count). The second-order valence-corrected chi connectivity index (χ2v) is 5.29. The van der Waals surface area contributed by atoms with Crippen molar-refractivity contribution < 1.29 is 9.53 Å². The number of hydrogen-bond acceptors (Lipinski definition) is 3. The molecule has 0 aromatic heterocycles. The molecule has 0 spiro atoms. The number of carbonyl (C=O) groups excluding carboxylic acids is 1. The zero-order valence-corrected chi connectivity index (χ0v) is 13.0. The molecule has 20 heavy (non-hydrogen) atoms. The lowest BCUT2D eigenvalue weighted by atomic mass is 10.1. The molecule has 4 nitrogen and oxygen atoms in total. The Balaban J connectivity index is 2.19. The first-order valence-electron chi connectivity index (χ1n) is 7.18. The minimum absolute atomic E-state index is 0.00882. The zero-order chi connectivity index (χ0) is 15.0. The first-order chi connectivity index (χ1) is 9.49. The van der Waals surface area contributed by atoms with E-state index in [1.807, 2.05) is 32.9 Å². The van der Waals surface area contributed by atoms with Gasteiger partial charge >= 0.3 is 0 Å². The summed E-state index contributed by atoms with van der Waals surface area (Å²) in [4.78, 5) is 11.7. The number of amides is 1. The Morgan fingerprint density at radius 1 is 1.30 bits per heavy atom. The van der Waals surface area contributed by atoms with Gasteiger partial charge in [0.25, 0.3) is 0 Å². The third-order valence-electron chi connectivity index (χ3n) is 2.92. The van der Waals surface area contributed by atoms with E-state index in [9.17, 15) is 4.79 Å². The Morgan fingerprint density at radius 3 is 2.70 bits per heavy atom. The van der Waals surface area contributed by atoms with Gasteiger partial charge < -0.3 is 15.4 Å². The van der Waals surface area contributed by atoms with Gasteiger partial charge in [-0.25, -0.2) is 0 Å². The lowest BCUT2D eigenvalue weighted by Gasteiger charge is -2.11. The molecule has 0 aliphatic carbocycles. The predicted octanol–water partition coefficient (Wildman–Crippen LogP) is 2.65.